The van der Waals surface area contributed by atoms with Crippen LogP contribution >= 0.6 is 0 Å². The van der Waals surface area contributed by atoms with E-state index in [9.17, 15) is 15.3 Å². The van der Waals surface area contributed by atoms with E-state index >= 15 is 0 Å². The highest BCUT2D eigenvalue weighted by Crippen LogP contribution is 2.43. The third kappa shape index (κ3) is 3.52. The van der Waals surface area contributed by atoms with Gasteiger partial charge in [-0.3, -0.25) is 4.79 Å². The standard InChI is InChI=1S/C24H19N3O3/c25-12-16-4-1-2-5-17(16)14-29-18-10-8-15(9-11-18)22-19(13-26)24(27)30-21-7-3-6-20(28)23(21)22/h1-2,4-5,8-11,22H,3,6-7,14,27H2/t22-/m1/s1. The molecule has 0 spiro atoms. The number of ether oxygens (including phenoxy) is 2. The van der Waals surface area contributed by atoms with Crippen LogP contribution in [0.2, 0.25) is 0 Å². The van der Waals surface area contributed by atoms with E-state index in [1.807, 2.05) is 30.3 Å². The van der Waals surface area contributed by atoms with Gasteiger partial charge in [-0.25, -0.2) is 0 Å². The van der Waals surface area contributed by atoms with Crippen LogP contribution in [0.4, 0.5) is 0 Å². The first kappa shape index (κ1) is 19.3. The highest BCUT2D eigenvalue weighted by Gasteiger charge is 2.37. The van der Waals surface area contributed by atoms with Crippen molar-refractivity contribution >= 4 is 5.78 Å². The summed E-state index contributed by atoms with van der Waals surface area (Å²) in [6.07, 6.45) is 1.80. The maximum Gasteiger partial charge on any atom is 0.205 e. The van der Waals surface area contributed by atoms with Crippen LogP contribution in [0.1, 0.15) is 41.9 Å². The average Bonchev–Trinajstić information content (AvgIpc) is 2.77. The van der Waals surface area contributed by atoms with Gasteiger partial charge in [-0.05, 0) is 30.2 Å². The maximum atomic E-state index is 12.6. The average molecular weight is 397 g/mol. The van der Waals surface area contributed by atoms with Crippen LogP contribution < -0.4 is 10.5 Å². The van der Waals surface area contributed by atoms with Crippen LogP contribution in [0.3, 0.4) is 0 Å². The van der Waals surface area contributed by atoms with Gasteiger partial charge >= 0.3 is 0 Å². The number of nitrogens with two attached hydrogens (primary N) is 1. The second-order valence-electron chi connectivity index (χ2n) is 7.17. The van der Waals surface area contributed by atoms with E-state index in [0.29, 0.717) is 35.5 Å². The Labute approximate surface area is 174 Å². The van der Waals surface area contributed by atoms with Crippen molar-refractivity contribution in [3.8, 4) is 17.9 Å². The molecule has 0 radical (unpaired) electrons. The van der Waals surface area contributed by atoms with Crippen LogP contribution in [0.25, 0.3) is 0 Å². The molecule has 0 aromatic heterocycles. The van der Waals surface area contributed by atoms with Crippen LogP contribution in [0.5, 0.6) is 5.75 Å². The first-order chi connectivity index (χ1) is 14.6. The predicted octanol–water partition coefficient (Wildman–Crippen LogP) is 3.95. The number of rotatable bonds is 4. The molecule has 0 unspecified atom stereocenters. The van der Waals surface area contributed by atoms with Crippen molar-refractivity contribution in [2.45, 2.75) is 31.8 Å². The second kappa shape index (κ2) is 8.14. The minimum atomic E-state index is -0.528. The van der Waals surface area contributed by atoms with Gasteiger partial charge in [-0.2, -0.15) is 10.5 Å². The molecule has 2 aromatic rings. The van der Waals surface area contributed by atoms with Gasteiger partial charge < -0.3 is 15.2 Å². The molecule has 30 heavy (non-hydrogen) atoms. The zero-order chi connectivity index (χ0) is 21.1. The number of nitriles is 2. The Morgan fingerprint density at radius 2 is 1.83 bits per heavy atom. The van der Waals surface area contributed by atoms with Gasteiger partial charge in [0.25, 0.3) is 0 Å². The Hall–Kier alpha value is -4.03. The molecule has 0 saturated carbocycles. The Morgan fingerprint density at radius 3 is 2.57 bits per heavy atom. The Kier molecular flexibility index (Phi) is 5.24. The van der Waals surface area contributed by atoms with Crippen LogP contribution in [-0.2, 0) is 16.1 Å². The van der Waals surface area contributed by atoms with Crippen molar-refractivity contribution in [1.29, 1.82) is 10.5 Å². The number of hydrogen-bond donors (Lipinski definition) is 1. The van der Waals surface area contributed by atoms with Crippen LogP contribution in [0.15, 0.2) is 71.3 Å². The van der Waals surface area contributed by atoms with E-state index < -0.39 is 5.92 Å². The SMILES string of the molecule is N#CC1=C(N)OC2=C(C(=O)CCC2)[C@@H]1c1ccc(OCc2ccccc2C#N)cc1. The molecule has 6 heteroatoms. The predicted molar refractivity (Wildman–Crippen MR) is 108 cm³/mol. The van der Waals surface area contributed by atoms with Crippen LogP contribution in [0, 0.1) is 22.7 Å². The second-order valence-corrected chi connectivity index (χ2v) is 7.17. The molecule has 1 aliphatic carbocycles. The molecule has 1 atom stereocenters. The minimum Gasteiger partial charge on any atom is -0.489 e. The molecule has 148 valence electrons. The van der Waals surface area contributed by atoms with E-state index in [2.05, 4.69) is 12.1 Å². The molecule has 2 N–H and O–H groups in total. The summed E-state index contributed by atoms with van der Waals surface area (Å²) in [6.45, 7) is 0.268. The third-order valence-electron chi connectivity index (χ3n) is 5.35. The maximum absolute atomic E-state index is 12.6. The van der Waals surface area contributed by atoms with Gasteiger partial charge in [-0.15, -0.1) is 0 Å². The number of ketones is 1. The molecular formula is C24H19N3O3. The Morgan fingerprint density at radius 1 is 1.07 bits per heavy atom. The number of benzene rings is 2. The van der Waals surface area contributed by atoms with E-state index in [1.165, 1.54) is 0 Å². The summed E-state index contributed by atoms with van der Waals surface area (Å²) in [5.74, 6) is 0.721. The monoisotopic (exact) mass is 397 g/mol. The summed E-state index contributed by atoms with van der Waals surface area (Å²) in [5, 5.41) is 18.8. The summed E-state index contributed by atoms with van der Waals surface area (Å²) >= 11 is 0. The molecule has 0 saturated heterocycles. The lowest BCUT2D eigenvalue weighted by Crippen LogP contribution is -2.27. The van der Waals surface area contributed by atoms with Gasteiger partial charge in [0.1, 0.15) is 29.8 Å². The van der Waals surface area contributed by atoms with Gasteiger partial charge in [0.05, 0.1) is 17.6 Å². The zero-order valence-corrected chi connectivity index (χ0v) is 16.2. The van der Waals surface area contributed by atoms with Crippen molar-refractivity contribution < 1.29 is 14.3 Å². The molecule has 1 aliphatic heterocycles. The van der Waals surface area contributed by atoms with E-state index in [0.717, 1.165) is 17.5 Å². The number of allylic oxidation sites excluding steroid dienone is 3. The lowest BCUT2D eigenvalue weighted by Gasteiger charge is -2.31. The summed E-state index contributed by atoms with van der Waals surface area (Å²) in [5.41, 5.74) is 8.92. The Bertz CT molecular complexity index is 1150. The molecule has 0 bridgehead atoms. The van der Waals surface area contributed by atoms with Gasteiger partial charge in [-0.1, -0.05) is 30.3 Å². The number of nitrogens with zero attached hydrogens (tertiary/aromatic N) is 2. The number of Topliss-reactive ketones (excluding diaryl/α,β-unsaturated/α-hetero) is 1. The zero-order valence-electron chi connectivity index (χ0n) is 16.2. The first-order valence-electron chi connectivity index (χ1n) is 9.67. The highest BCUT2D eigenvalue weighted by molar-refractivity contribution is 5.99. The smallest absolute Gasteiger partial charge is 0.205 e. The number of carbonyl (C=O) groups is 1. The van der Waals surface area contributed by atoms with Gasteiger partial charge in [0, 0.05) is 24.0 Å². The van der Waals surface area contributed by atoms with E-state index in [1.54, 1.807) is 18.2 Å². The van der Waals surface area contributed by atoms with Crippen molar-refractivity contribution in [2.75, 3.05) is 0 Å². The summed E-state index contributed by atoms with van der Waals surface area (Å²) in [6, 6.07) is 18.8. The fourth-order valence-electron chi connectivity index (χ4n) is 3.86. The van der Waals surface area contributed by atoms with Crippen LogP contribution in [-0.4, -0.2) is 5.78 Å². The van der Waals surface area contributed by atoms with Gasteiger partial charge in [0.2, 0.25) is 5.88 Å². The summed E-state index contributed by atoms with van der Waals surface area (Å²) in [4.78, 5) is 12.6. The fraction of sp³-hybridized carbons (Fsp3) is 0.208. The van der Waals surface area contributed by atoms with Crippen molar-refractivity contribution in [3.05, 3.63) is 88.0 Å². The van der Waals surface area contributed by atoms with E-state index in [-0.39, 0.29) is 23.8 Å². The van der Waals surface area contributed by atoms with Crippen molar-refractivity contribution in [2.24, 2.45) is 5.73 Å². The molecule has 2 aromatic carbocycles. The van der Waals surface area contributed by atoms with Crippen molar-refractivity contribution in [1.82, 2.24) is 0 Å². The lowest BCUT2D eigenvalue weighted by molar-refractivity contribution is -0.116. The number of carbonyl (C=O) groups excluding carboxylic acids is 1. The normalized spacial score (nSPS) is 18.2. The lowest BCUT2D eigenvalue weighted by atomic mass is 9.77. The summed E-state index contributed by atoms with van der Waals surface area (Å²) < 4.78 is 11.4. The molecule has 0 amide bonds. The largest absolute Gasteiger partial charge is 0.489 e. The molecule has 4 rings (SSSR count). The Balaban J connectivity index is 1.60. The highest BCUT2D eigenvalue weighted by atomic mass is 16.5. The molecular weight excluding hydrogens is 378 g/mol. The molecule has 6 nitrogen and oxygen atoms in total. The fourth-order valence-corrected chi connectivity index (χ4v) is 3.86. The quantitative estimate of drug-likeness (QED) is 0.836. The summed E-state index contributed by atoms with van der Waals surface area (Å²) in [7, 11) is 0. The molecule has 2 aliphatic rings. The van der Waals surface area contributed by atoms with Gasteiger partial charge in [0.15, 0.2) is 5.78 Å². The molecule has 1 heterocycles. The number of hydrogen-bond acceptors (Lipinski definition) is 6. The first-order valence-corrected chi connectivity index (χ1v) is 9.67. The van der Waals surface area contributed by atoms with Crippen molar-refractivity contribution in [3.63, 3.8) is 0 Å². The topological polar surface area (TPSA) is 109 Å². The van der Waals surface area contributed by atoms with E-state index in [4.69, 9.17) is 15.2 Å². The third-order valence-corrected chi connectivity index (χ3v) is 5.35. The minimum absolute atomic E-state index is 0.00469. The molecule has 0 fully saturated rings.